The lowest BCUT2D eigenvalue weighted by Crippen LogP contribution is -2.02. The maximum absolute atomic E-state index is 11.1. The van der Waals surface area contributed by atoms with Crippen molar-refractivity contribution in [3.8, 4) is 0 Å². The molecule has 3 heteroatoms. The summed E-state index contributed by atoms with van der Waals surface area (Å²) in [6, 6.07) is 0. The Morgan fingerprint density at radius 3 is 2.33 bits per heavy atom. The quantitative estimate of drug-likeness (QED) is 0.811. The van der Waals surface area contributed by atoms with Crippen molar-refractivity contribution in [2.45, 2.75) is 46.5 Å². The molecule has 1 rings (SSSR count). The van der Waals surface area contributed by atoms with Crippen molar-refractivity contribution >= 4 is 5.97 Å². The fourth-order valence-electron chi connectivity index (χ4n) is 1.87. The van der Waals surface area contributed by atoms with E-state index in [-0.39, 0.29) is 0 Å². The Morgan fingerprint density at radius 1 is 1.27 bits per heavy atom. The van der Waals surface area contributed by atoms with Crippen molar-refractivity contribution in [2.75, 3.05) is 0 Å². The van der Waals surface area contributed by atoms with Gasteiger partial charge in [0.2, 0.25) is 0 Å². The van der Waals surface area contributed by atoms with Crippen LogP contribution in [0.25, 0.3) is 0 Å². The second-order valence-electron chi connectivity index (χ2n) is 3.74. The van der Waals surface area contributed by atoms with E-state index in [1.807, 2.05) is 6.92 Å². The van der Waals surface area contributed by atoms with E-state index < -0.39 is 5.97 Å². The lowest BCUT2D eigenvalue weighted by atomic mass is 10.0. The van der Waals surface area contributed by atoms with Crippen molar-refractivity contribution in [1.82, 2.24) is 0 Å². The Labute approximate surface area is 90.1 Å². The molecule has 0 amide bonds. The molecule has 1 N–H and O–H groups in total. The third kappa shape index (κ3) is 2.41. The Bertz CT molecular complexity index is 350. The monoisotopic (exact) mass is 210 g/mol. The molecule has 0 saturated heterocycles. The summed E-state index contributed by atoms with van der Waals surface area (Å²) in [5.74, 6) is 0.519. The first-order valence-electron chi connectivity index (χ1n) is 5.46. The van der Waals surface area contributed by atoms with Gasteiger partial charge < -0.3 is 9.52 Å². The van der Waals surface area contributed by atoms with Crippen molar-refractivity contribution in [3.63, 3.8) is 0 Å². The summed E-state index contributed by atoms with van der Waals surface area (Å²) in [4.78, 5) is 11.1. The molecule has 0 saturated carbocycles. The van der Waals surface area contributed by atoms with Gasteiger partial charge in [0.05, 0.1) is 0 Å². The average molecular weight is 210 g/mol. The van der Waals surface area contributed by atoms with Gasteiger partial charge in [-0.05, 0) is 19.8 Å². The van der Waals surface area contributed by atoms with Crippen molar-refractivity contribution in [3.05, 3.63) is 22.6 Å². The molecule has 0 bridgehead atoms. The van der Waals surface area contributed by atoms with Gasteiger partial charge in [-0.3, -0.25) is 0 Å². The van der Waals surface area contributed by atoms with Gasteiger partial charge in [-0.2, -0.15) is 0 Å². The summed E-state index contributed by atoms with van der Waals surface area (Å²) in [6.45, 7) is 5.83. The highest BCUT2D eigenvalue weighted by atomic mass is 16.4. The van der Waals surface area contributed by atoms with E-state index in [1.54, 1.807) is 6.92 Å². The molecule has 3 nitrogen and oxygen atoms in total. The van der Waals surface area contributed by atoms with E-state index in [0.29, 0.717) is 11.3 Å². The first-order chi connectivity index (χ1) is 7.11. The molecule has 0 unspecified atom stereocenters. The molecular weight excluding hydrogens is 192 g/mol. The van der Waals surface area contributed by atoms with Gasteiger partial charge in [0.15, 0.2) is 0 Å². The third-order valence-corrected chi connectivity index (χ3v) is 2.46. The van der Waals surface area contributed by atoms with Crippen LogP contribution in [0, 0.1) is 6.92 Å². The minimum Gasteiger partial charge on any atom is -0.478 e. The molecule has 0 atom stereocenters. The van der Waals surface area contributed by atoms with Crippen LogP contribution in [-0.4, -0.2) is 11.1 Å². The molecule has 1 heterocycles. The number of aromatic carboxylic acids is 1. The van der Waals surface area contributed by atoms with Crippen LogP contribution in [-0.2, 0) is 12.8 Å². The Kier molecular flexibility index (Phi) is 3.95. The maximum Gasteiger partial charge on any atom is 0.339 e. The number of carbonyl (C=O) groups is 1. The molecule has 1 aromatic heterocycles. The summed E-state index contributed by atoms with van der Waals surface area (Å²) in [5, 5.41) is 9.09. The zero-order chi connectivity index (χ0) is 11.4. The van der Waals surface area contributed by atoms with Gasteiger partial charge in [0.25, 0.3) is 0 Å². The first kappa shape index (κ1) is 11.8. The number of rotatable bonds is 5. The Morgan fingerprint density at radius 2 is 1.87 bits per heavy atom. The van der Waals surface area contributed by atoms with E-state index in [1.165, 1.54) is 0 Å². The van der Waals surface area contributed by atoms with Gasteiger partial charge in [-0.25, -0.2) is 4.79 Å². The molecule has 0 fully saturated rings. The van der Waals surface area contributed by atoms with Gasteiger partial charge >= 0.3 is 5.97 Å². The maximum atomic E-state index is 11.1. The Hall–Kier alpha value is -1.25. The number of furan rings is 1. The van der Waals surface area contributed by atoms with Crippen LogP contribution < -0.4 is 0 Å². The van der Waals surface area contributed by atoms with Gasteiger partial charge in [-0.1, -0.05) is 20.3 Å². The molecule has 0 radical (unpaired) electrons. The second-order valence-corrected chi connectivity index (χ2v) is 3.74. The summed E-state index contributed by atoms with van der Waals surface area (Å²) in [5.41, 5.74) is 1.27. The van der Waals surface area contributed by atoms with E-state index in [2.05, 4.69) is 6.92 Å². The van der Waals surface area contributed by atoms with Crippen molar-refractivity contribution in [2.24, 2.45) is 0 Å². The van der Waals surface area contributed by atoms with E-state index in [4.69, 9.17) is 9.52 Å². The zero-order valence-corrected chi connectivity index (χ0v) is 9.59. The summed E-state index contributed by atoms with van der Waals surface area (Å²) in [6.07, 6.45) is 3.52. The molecule has 1 aromatic rings. The number of hydrogen-bond acceptors (Lipinski definition) is 2. The highest BCUT2D eigenvalue weighted by Crippen LogP contribution is 2.25. The minimum absolute atomic E-state index is 0.375. The second kappa shape index (κ2) is 5.01. The van der Waals surface area contributed by atoms with Crippen molar-refractivity contribution in [1.29, 1.82) is 0 Å². The van der Waals surface area contributed by atoms with E-state index in [9.17, 15) is 4.79 Å². The number of aryl methyl sites for hydroxylation is 2. The first-order valence-corrected chi connectivity index (χ1v) is 5.46. The molecule has 0 spiro atoms. The third-order valence-electron chi connectivity index (χ3n) is 2.46. The van der Waals surface area contributed by atoms with Crippen LogP contribution in [0.5, 0.6) is 0 Å². The normalized spacial score (nSPS) is 10.6. The highest BCUT2D eigenvalue weighted by Gasteiger charge is 2.21. The zero-order valence-electron chi connectivity index (χ0n) is 9.59. The van der Waals surface area contributed by atoms with Crippen LogP contribution in [0.2, 0.25) is 0 Å². The van der Waals surface area contributed by atoms with Crippen LogP contribution in [0.15, 0.2) is 4.42 Å². The SMILES string of the molecule is CCCc1oc(C)c(C(=O)O)c1CCC. The number of hydrogen-bond donors (Lipinski definition) is 1. The number of carboxylic acid groups (broad SMARTS) is 1. The minimum atomic E-state index is -0.873. The van der Waals surface area contributed by atoms with E-state index >= 15 is 0 Å². The van der Waals surface area contributed by atoms with Gasteiger partial charge in [0, 0.05) is 12.0 Å². The summed E-state index contributed by atoms with van der Waals surface area (Å²) in [7, 11) is 0. The standard InChI is InChI=1S/C12H18O3/c1-4-6-9-10(7-5-2)15-8(3)11(9)12(13)14/h4-7H2,1-3H3,(H,13,14). The fraction of sp³-hybridized carbons (Fsp3) is 0.583. The highest BCUT2D eigenvalue weighted by molar-refractivity contribution is 5.90. The summed E-state index contributed by atoms with van der Waals surface area (Å²) >= 11 is 0. The number of carboxylic acids is 1. The predicted octanol–water partition coefficient (Wildman–Crippen LogP) is 3.19. The molecule has 0 aliphatic rings. The lowest BCUT2D eigenvalue weighted by Gasteiger charge is -2.00. The molecule has 15 heavy (non-hydrogen) atoms. The van der Waals surface area contributed by atoms with Crippen molar-refractivity contribution < 1.29 is 14.3 Å². The molecule has 0 aromatic carbocycles. The predicted molar refractivity (Wildman–Crippen MR) is 58.4 cm³/mol. The van der Waals surface area contributed by atoms with Gasteiger partial charge in [0.1, 0.15) is 17.1 Å². The summed E-state index contributed by atoms with van der Waals surface area (Å²) < 4.78 is 5.52. The van der Waals surface area contributed by atoms with Crippen LogP contribution in [0.4, 0.5) is 0 Å². The van der Waals surface area contributed by atoms with Gasteiger partial charge in [-0.15, -0.1) is 0 Å². The van der Waals surface area contributed by atoms with Crippen LogP contribution in [0.1, 0.15) is 54.1 Å². The molecule has 0 aliphatic carbocycles. The average Bonchev–Trinajstić information content (AvgIpc) is 2.44. The topological polar surface area (TPSA) is 50.4 Å². The smallest absolute Gasteiger partial charge is 0.339 e. The van der Waals surface area contributed by atoms with Crippen LogP contribution >= 0.6 is 0 Å². The van der Waals surface area contributed by atoms with Crippen LogP contribution in [0.3, 0.4) is 0 Å². The van der Waals surface area contributed by atoms with E-state index in [0.717, 1.165) is 37.0 Å². The lowest BCUT2D eigenvalue weighted by molar-refractivity contribution is 0.0694. The Balaban J connectivity index is 3.17. The molecule has 0 aliphatic heterocycles. The fourth-order valence-corrected chi connectivity index (χ4v) is 1.87. The largest absolute Gasteiger partial charge is 0.478 e. The molecular formula is C12H18O3. The molecule has 84 valence electrons.